The van der Waals surface area contributed by atoms with Crippen LogP contribution in [0.15, 0.2) is 9.98 Å². The third-order valence-electron chi connectivity index (χ3n) is 1.19. The number of amides is 2. The van der Waals surface area contributed by atoms with Crippen LogP contribution in [0.1, 0.15) is 0 Å². The van der Waals surface area contributed by atoms with E-state index in [1.54, 1.807) is 0 Å². The van der Waals surface area contributed by atoms with Crippen molar-refractivity contribution in [3.05, 3.63) is 0 Å². The van der Waals surface area contributed by atoms with Crippen molar-refractivity contribution in [1.82, 2.24) is 0 Å². The molecule has 0 aromatic carbocycles. The van der Waals surface area contributed by atoms with Crippen molar-refractivity contribution >= 4 is 18.1 Å². The lowest BCUT2D eigenvalue weighted by atomic mass is 10.5. The number of amidine groups is 1. The number of carbonyl (C=O) groups excluding carboxylic acids is 1. The molecule has 1 heterocycles. The molecule has 0 saturated carbocycles. The topological polar surface area (TPSA) is 41.8 Å². The number of nitrogens with zero attached hydrogens (tertiary/aromatic N) is 3. The van der Waals surface area contributed by atoms with Crippen LogP contribution < -0.4 is 0 Å². The summed E-state index contributed by atoms with van der Waals surface area (Å²) in [5, 5.41) is 0. The van der Waals surface area contributed by atoms with Gasteiger partial charge in [0.15, 0.2) is 0 Å². The number of urea groups is 1. The minimum Gasteiger partial charge on any atom is -0.280 e. The van der Waals surface area contributed by atoms with E-state index in [1.807, 2.05) is 21.1 Å². The van der Waals surface area contributed by atoms with Crippen molar-refractivity contribution in [3.8, 4) is 0 Å². The molecule has 0 spiro atoms. The molecular weight excluding hydrogens is 130 g/mol. The molecule has 0 fully saturated rings. The maximum atomic E-state index is 10.5. The Morgan fingerprint density at radius 1 is 1.40 bits per heavy atom. The molecule has 1 aliphatic rings. The molecule has 0 saturated heterocycles. The molecule has 1 aliphatic heterocycles. The lowest BCUT2D eigenvalue weighted by molar-refractivity contribution is -0.773. The van der Waals surface area contributed by atoms with Gasteiger partial charge in [-0.1, -0.05) is 0 Å². The zero-order valence-electron chi connectivity index (χ0n) is 6.33. The fourth-order valence-corrected chi connectivity index (χ4v) is 0.592. The average Bonchev–Trinajstić information content (AvgIpc) is 2.11. The van der Waals surface area contributed by atoms with E-state index < -0.39 is 6.03 Å². The van der Waals surface area contributed by atoms with Gasteiger partial charge in [0.05, 0.1) is 21.1 Å². The van der Waals surface area contributed by atoms with E-state index in [0.29, 0.717) is 10.3 Å². The van der Waals surface area contributed by atoms with Crippen molar-refractivity contribution in [2.45, 2.75) is 0 Å². The van der Waals surface area contributed by atoms with Crippen LogP contribution in [0.3, 0.4) is 0 Å². The number of aliphatic imine (C=N–C) groups is 2. The van der Waals surface area contributed by atoms with Gasteiger partial charge >= 0.3 is 6.03 Å². The highest BCUT2D eigenvalue weighted by Gasteiger charge is 2.21. The molecule has 0 radical (unpaired) electrons. The summed E-state index contributed by atoms with van der Waals surface area (Å²) in [5.41, 5.74) is 0. The van der Waals surface area contributed by atoms with E-state index in [4.69, 9.17) is 0 Å². The van der Waals surface area contributed by atoms with Gasteiger partial charge in [0.1, 0.15) is 6.21 Å². The third-order valence-corrected chi connectivity index (χ3v) is 1.19. The standard InChI is InChI=1S/C6H10N3O/c1-9(2,3)5-4-7-6(10)8-5/h4H,1-3H3/q+1. The Balaban J connectivity index is 2.88. The largest absolute Gasteiger partial charge is 0.372 e. The second-order valence-electron chi connectivity index (χ2n) is 3.02. The van der Waals surface area contributed by atoms with Gasteiger partial charge in [-0.25, -0.2) is 4.79 Å². The summed E-state index contributed by atoms with van der Waals surface area (Å²) in [6.07, 6.45) is 1.50. The Kier molecular flexibility index (Phi) is 1.40. The SMILES string of the molecule is C[N+](C)(C)C1=NC(=O)N=C1. The molecule has 54 valence electrons. The first-order valence-corrected chi connectivity index (χ1v) is 2.99. The van der Waals surface area contributed by atoms with Crippen LogP contribution in [-0.4, -0.2) is 43.7 Å². The minimum atomic E-state index is -0.400. The molecule has 0 N–H and O–H groups in total. The van der Waals surface area contributed by atoms with Gasteiger partial charge in [0.25, 0.3) is 5.84 Å². The normalized spacial score (nSPS) is 17.9. The van der Waals surface area contributed by atoms with Crippen LogP contribution in [-0.2, 0) is 0 Å². The lowest BCUT2D eigenvalue weighted by Crippen LogP contribution is -2.41. The lowest BCUT2D eigenvalue weighted by Gasteiger charge is -2.19. The minimum absolute atomic E-state index is 0.400. The molecule has 2 amide bonds. The van der Waals surface area contributed by atoms with Gasteiger partial charge in [0.2, 0.25) is 0 Å². The highest BCUT2D eigenvalue weighted by atomic mass is 16.2. The van der Waals surface area contributed by atoms with Crippen LogP contribution in [0, 0.1) is 0 Å². The van der Waals surface area contributed by atoms with E-state index in [0.717, 1.165) is 0 Å². The molecule has 0 atom stereocenters. The molecular formula is C6H10N3O+. The Labute approximate surface area is 59.5 Å². The average molecular weight is 140 g/mol. The summed E-state index contributed by atoms with van der Waals surface area (Å²) in [6.45, 7) is 0. The summed E-state index contributed by atoms with van der Waals surface area (Å²) in [4.78, 5) is 17.7. The highest BCUT2D eigenvalue weighted by molar-refractivity contribution is 6.33. The number of hydrogen-bond donors (Lipinski definition) is 0. The van der Waals surface area contributed by atoms with E-state index in [-0.39, 0.29) is 0 Å². The summed E-state index contributed by atoms with van der Waals surface area (Å²) in [5.74, 6) is 0.699. The molecule has 0 aromatic rings. The Morgan fingerprint density at radius 2 is 2.00 bits per heavy atom. The second-order valence-corrected chi connectivity index (χ2v) is 3.02. The Morgan fingerprint density at radius 3 is 2.20 bits per heavy atom. The van der Waals surface area contributed by atoms with Gasteiger partial charge < -0.3 is 0 Å². The second kappa shape index (κ2) is 1.98. The quantitative estimate of drug-likeness (QED) is 0.446. The van der Waals surface area contributed by atoms with Gasteiger partial charge in [-0.2, -0.15) is 4.99 Å². The van der Waals surface area contributed by atoms with E-state index in [2.05, 4.69) is 9.98 Å². The van der Waals surface area contributed by atoms with E-state index >= 15 is 0 Å². The molecule has 4 heteroatoms. The first kappa shape index (κ1) is 7.08. The summed E-state index contributed by atoms with van der Waals surface area (Å²) >= 11 is 0. The summed E-state index contributed by atoms with van der Waals surface area (Å²) < 4.78 is 0.537. The number of rotatable bonds is 0. The van der Waals surface area contributed by atoms with Gasteiger partial charge in [-0.05, 0) is 0 Å². The maximum absolute atomic E-state index is 10.5. The number of hydrogen-bond acceptors (Lipinski definition) is 1. The fraction of sp³-hybridized carbons (Fsp3) is 0.500. The van der Waals surface area contributed by atoms with Gasteiger partial charge in [-0.15, -0.1) is 4.99 Å². The molecule has 0 aliphatic carbocycles. The van der Waals surface area contributed by atoms with Crippen LogP contribution in [0.25, 0.3) is 0 Å². The van der Waals surface area contributed by atoms with Crippen molar-refractivity contribution in [1.29, 1.82) is 0 Å². The first-order chi connectivity index (χ1) is 4.50. The predicted molar refractivity (Wildman–Crippen MR) is 39.4 cm³/mol. The molecule has 0 aromatic heterocycles. The van der Waals surface area contributed by atoms with Crippen LogP contribution in [0.5, 0.6) is 0 Å². The zero-order valence-corrected chi connectivity index (χ0v) is 6.33. The smallest absolute Gasteiger partial charge is 0.280 e. The summed E-state index contributed by atoms with van der Waals surface area (Å²) in [7, 11) is 5.80. The van der Waals surface area contributed by atoms with Crippen LogP contribution >= 0.6 is 0 Å². The van der Waals surface area contributed by atoms with Crippen molar-refractivity contribution in [2.24, 2.45) is 9.98 Å². The van der Waals surface area contributed by atoms with Crippen LogP contribution in [0.4, 0.5) is 4.79 Å². The van der Waals surface area contributed by atoms with Crippen molar-refractivity contribution < 1.29 is 9.28 Å². The van der Waals surface area contributed by atoms with E-state index in [9.17, 15) is 4.79 Å². The monoisotopic (exact) mass is 140 g/mol. The van der Waals surface area contributed by atoms with Crippen molar-refractivity contribution in [2.75, 3.05) is 21.1 Å². The summed E-state index contributed by atoms with van der Waals surface area (Å²) in [6, 6.07) is -0.400. The molecule has 10 heavy (non-hydrogen) atoms. The van der Waals surface area contributed by atoms with Crippen molar-refractivity contribution in [3.63, 3.8) is 0 Å². The van der Waals surface area contributed by atoms with Gasteiger partial charge in [-0.3, -0.25) is 4.48 Å². The van der Waals surface area contributed by atoms with E-state index in [1.165, 1.54) is 6.21 Å². The highest BCUT2D eigenvalue weighted by Crippen LogP contribution is 2.00. The van der Waals surface area contributed by atoms with Gasteiger partial charge in [0, 0.05) is 0 Å². The molecule has 0 unspecified atom stereocenters. The predicted octanol–water partition coefficient (Wildman–Crippen LogP) is 0.295. The first-order valence-electron chi connectivity index (χ1n) is 2.99. The zero-order chi connectivity index (χ0) is 7.78. The molecule has 0 bridgehead atoms. The Bertz CT molecular complexity index is 222. The number of carbonyl (C=O) groups is 1. The Hall–Kier alpha value is -1.03. The fourth-order valence-electron chi connectivity index (χ4n) is 0.592. The van der Waals surface area contributed by atoms with Crippen LogP contribution in [0.2, 0.25) is 0 Å². The number of quaternary nitrogens is 1. The molecule has 1 rings (SSSR count). The maximum Gasteiger partial charge on any atom is 0.372 e. The molecule has 4 nitrogen and oxygen atoms in total. The third kappa shape index (κ3) is 1.27.